The highest BCUT2D eigenvalue weighted by Crippen LogP contribution is 2.35. The lowest BCUT2D eigenvalue weighted by molar-refractivity contribution is 0.620. The minimum atomic E-state index is 0.716. The van der Waals surface area contributed by atoms with Gasteiger partial charge in [0.1, 0.15) is 0 Å². The van der Waals surface area contributed by atoms with Gasteiger partial charge in [-0.1, -0.05) is 0 Å². The van der Waals surface area contributed by atoms with Crippen LogP contribution < -0.4 is 5.32 Å². The summed E-state index contributed by atoms with van der Waals surface area (Å²) < 4.78 is 2.30. The molecule has 1 aliphatic rings. The first-order chi connectivity index (χ1) is 8.43. The van der Waals surface area contributed by atoms with Crippen molar-refractivity contribution in [1.82, 2.24) is 19.9 Å². The highest BCUT2D eigenvalue weighted by molar-refractivity contribution is 7.09. The van der Waals surface area contributed by atoms with Crippen LogP contribution in [-0.2, 0) is 13.0 Å². The van der Waals surface area contributed by atoms with Gasteiger partial charge in [-0.25, -0.2) is 9.97 Å². The van der Waals surface area contributed by atoms with E-state index in [4.69, 9.17) is 0 Å². The molecule has 0 amide bonds. The predicted molar refractivity (Wildman–Crippen MR) is 68.0 cm³/mol. The number of nitrogens with one attached hydrogen (secondary N) is 1. The van der Waals surface area contributed by atoms with E-state index in [1.54, 1.807) is 11.3 Å². The molecular weight excluding hydrogens is 232 g/mol. The van der Waals surface area contributed by atoms with E-state index in [9.17, 15) is 0 Å². The first kappa shape index (κ1) is 10.9. The first-order valence-corrected chi connectivity index (χ1v) is 6.91. The summed E-state index contributed by atoms with van der Waals surface area (Å²) in [5.41, 5.74) is 1.30. The number of aromatic nitrogens is 3. The zero-order valence-corrected chi connectivity index (χ0v) is 10.5. The molecule has 0 unspecified atom stereocenters. The molecular formula is C12H16N4S. The molecule has 5 heteroatoms. The molecule has 90 valence electrons. The second-order valence-corrected chi connectivity index (χ2v) is 5.36. The summed E-state index contributed by atoms with van der Waals surface area (Å²) >= 11 is 1.72. The Morgan fingerprint density at radius 3 is 3.18 bits per heavy atom. The van der Waals surface area contributed by atoms with Gasteiger partial charge in [-0.05, 0) is 12.8 Å². The standard InChI is InChI=1S/C12H16N4S/c1-2-10(1)16-9-14-8-11(16)7-13-4-3-12-15-5-6-17-12/h5-6,8-10,13H,1-4,7H2. The van der Waals surface area contributed by atoms with Crippen molar-refractivity contribution in [2.75, 3.05) is 6.54 Å². The summed E-state index contributed by atoms with van der Waals surface area (Å²) in [5.74, 6) is 0. The van der Waals surface area contributed by atoms with Gasteiger partial charge in [-0.3, -0.25) is 0 Å². The van der Waals surface area contributed by atoms with Crippen LogP contribution in [0.2, 0.25) is 0 Å². The Balaban J connectivity index is 1.46. The summed E-state index contributed by atoms with van der Waals surface area (Å²) in [4.78, 5) is 8.49. The Kier molecular flexibility index (Phi) is 3.20. The lowest BCUT2D eigenvalue weighted by Gasteiger charge is -2.07. The van der Waals surface area contributed by atoms with Crippen LogP contribution in [0.4, 0.5) is 0 Å². The molecule has 2 aromatic rings. The van der Waals surface area contributed by atoms with E-state index in [1.165, 1.54) is 23.5 Å². The molecule has 1 N–H and O–H groups in total. The maximum absolute atomic E-state index is 4.27. The molecule has 0 bridgehead atoms. The maximum atomic E-state index is 4.27. The average Bonchev–Trinajstić information content (AvgIpc) is 2.89. The van der Waals surface area contributed by atoms with Crippen molar-refractivity contribution < 1.29 is 0 Å². The van der Waals surface area contributed by atoms with E-state index in [-0.39, 0.29) is 0 Å². The molecule has 0 spiro atoms. The van der Waals surface area contributed by atoms with Gasteiger partial charge in [0.15, 0.2) is 0 Å². The van der Waals surface area contributed by atoms with Crippen LogP contribution in [0.1, 0.15) is 29.6 Å². The highest BCUT2D eigenvalue weighted by atomic mass is 32.1. The van der Waals surface area contributed by atoms with Gasteiger partial charge in [-0.2, -0.15) is 0 Å². The van der Waals surface area contributed by atoms with E-state index in [0.29, 0.717) is 6.04 Å². The molecule has 0 radical (unpaired) electrons. The molecule has 0 saturated heterocycles. The molecule has 17 heavy (non-hydrogen) atoms. The van der Waals surface area contributed by atoms with E-state index in [2.05, 4.69) is 19.9 Å². The molecule has 1 fully saturated rings. The van der Waals surface area contributed by atoms with Gasteiger partial charge in [-0.15, -0.1) is 11.3 Å². The zero-order chi connectivity index (χ0) is 11.5. The Morgan fingerprint density at radius 2 is 2.41 bits per heavy atom. The van der Waals surface area contributed by atoms with Gasteiger partial charge in [0.2, 0.25) is 0 Å². The van der Waals surface area contributed by atoms with Crippen molar-refractivity contribution >= 4 is 11.3 Å². The van der Waals surface area contributed by atoms with Gasteiger partial charge in [0.25, 0.3) is 0 Å². The van der Waals surface area contributed by atoms with Crippen LogP contribution in [0.25, 0.3) is 0 Å². The minimum absolute atomic E-state index is 0.716. The molecule has 0 aliphatic heterocycles. The molecule has 0 aromatic carbocycles. The number of hydrogen-bond acceptors (Lipinski definition) is 4. The van der Waals surface area contributed by atoms with Gasteiger partial charge in [0.05, 0.1) is 17.0 Å². The quantitative estimate of drug-likeness (QED) is 0.795. The van der Waals surface area contributed by atoms with Crippen molar-refractivity contribution in [3.63, 3.8) is 0 Å². The van der Waals surface area contributed by atoms with Crippen LogP contribution in [0.3, 0.4) is 0 Å². The van der Waals surface area contributed by atoms with Crippen molar-refractivity contribution in [3.05, 3.63) is 34.8 Å². The third-order valence-corrected chi connectivity index (χ3v) is 3.83. The average molecular weight is 248 g/mol. The lowest BCUT2D eigenvalue weighted by Crippen LogP contribution is -2.18. The van der Waals surface area contributed by atoms with Crippen molar-refractivity contribution in [2.24, 2.45) is 0 Å². The fourth-order valence-electron chi connectivity index (χ4n) is 1.94. The summed E-state index contributed by atoms with van der Waals surface area (Å²) in [5, 5.41) is 6.68. The van der Waals surface area contributed by atoms with Crippen LogP contribution >= 0.6 is 11.3 Å². The van der Waals surface area contributed by atoms with E-state index >= 15 is 0 Å². The summed E-state index contributed by atoms with van der Waals surface area (Å²) in [6.45, 7) is 1.88. The maximum Gasteiger partial charge on any atom is 0.0951 e. The number of rotatable bonds is 6. The largest absolute Gasteiger partial charge is 0.330 e. The first-order valence-electron chi connectivity index (χ1n) is 6.03. The number of imidazole rings is 1. The summed E-state index contributed by atoms with van der Waals surface area (Å²) in [7, 11) is 0. The van der Waals surface area contributed by atoms with Crippen molar-refractivity contribution in [3.8, 4) is 0 Å². The second-order valence-electron chi connectivity index (χ2n) is 4.38. The smallest absolute Gasteiger partial charge is 0.0951 e. The van der Waals surface area contributed by atoms with Crippen LogP contribution in [-0.4, -0.2) is 21.1 Å². The van der Waals surface area contributed by atoms with Gasteiger partial charge in [0, 0.05) is 43.3 Å². The Hall–Kier alpha value is -1.20. The topological polar surface area (TPSA) is 42.7 Å². The number of thiazole rings is 1. The molecule has 4 nitrogen and oxygen atoms in total. The van der Waals surface area contributed by atoms with Crippen LogP contribution in [0, 0.1) is 0 Å². The van der Waals surface area contributed by atoms with E-state index < -0.39 is 0 Å². The Morgan fingerprint density at radius 1 is 1.47 bits per heavy atom. The highest BCUT2D eigenvalue weighted by Gasteiger charge is 2.24. The SMILES string of the molecule is c1csc(CCNCc2cncn2C2CC2)n1. The normalized spacial score (nSPS) is 15.3. The fourth-order valence-corrected chi connectivity index (χ4v) is 2.56. The van der Waals surface area contributed by atoms with Crippen LogP contribution in [0.15, 0.2) is 24.1 Å². The second kappa shape index (κ2) is 4.98. The molecule has 2 heterocycles. The zero-order valence-electron chi connectivity index (χ0n) is 9.67. The molecule has 0 atom stereocenters. The Labute approximate surface area is 105 Å². The van der Waals surface area contributed by atoms with Crippen molar-refractivity contribution in [2.45, 2.75) is 31.8 Å². The molecule has 1 aliphatic carbocycles. The molecule has 2 aromatic heterocycles. The van der Waals surface area contributed by atoms with Crippen molar-refractivity contribution in [1.29, 1.82) is 0 Å². The van der Waals surface area contributed by atoms with E-state index in [0.717, 1.165) is 19.5 Å². The summed E-state index contributed by atoms with van der Waals surface area (Å²) in [6, 6.07) is 0.716. The predicted octanol–water partition coefficient (Wildman–Crippen LogP) is 2.01. The van der Waals surface area contributed by atoms with E-state index in [1.807, 2.05) is 24.1 Å². The monoisotopic (exact) mass is 248 g/mol. The molecule has 3 rings (SSSR count). The van der Waals surface area contributed by atoms with Gasteiger partial charge < -0.3 is 9.88 Å². The fraction of sp³-hybridized carbons (Fsp3) is 0.500. The lowest BCUT2D eigenvalue weighted by atomic mass is 10.4. The Bertz CT molecular complexity index is 459. The summed E-state index contributed by atoms with van der Waals surface area (Å²) in [6.07, 6.45) is 9.41. The number of hydrogen-bond donors (Lipinski definition) is 1. The van der Waals surface area contributed by atoms with Gasteiger partial charge >= 0.3 is 0 Å². The number of nitrogens with zero attached hydrogens (tertiary/aromatic N) is 3. The van der Waals surface area contributed by atoms with Crippen LogP contribution in [0.5, 0.6) is 0 Å². The molecule has 1 saturated carbocycles. The third kappa shape index (κ3) is 2.73. The third-order valence-electron chi connectivity index (χ3n) is 2.99. The minimum Gasteiger partial charge on any atom is -0.330 e.